The molecule has 1 rings (SSSR count). The molecule has 0 unspecified atom stereocenters. The van der Waals surface area contributed by atoms with Crippen LogP contribution in [0.15, 0.2) is 30.3 Å². The number of carboxylic acids is 1. The lowest BCUT2D eigenvalue weighted by Crippen LogP contribution is -2.59. The Balaban J connectivity index is 3.02. The molecule has 0 aliphatic rings. The average molecular weight is 492 g/mol. The Bertz CT molecular complexity index is 831. The molecule has 0 radical (unpaired) electrons. The number of carboxylic acid groups (broad SMARTS) is 1. The second-order valence-corrected chi connectivity index (χ2v) is 9.44. The highest BCUT2D eigenvalue weighted by molar-refractivity contribution is 5.94. The number of unbranched alkanes of at least 4 members (excludes halogenated alkanes) is 1. The van der Waals surface area contributed by atoms with Gasteiger partial charge in [0.05, 0.1) is 6.04 Å². The molecule has 0 spiro atoms. The summed E-state index contributed by atoms with van der Waals surface area (Å²) in [5, 5.41) is 17.4. The molecule has 0 fully saturated rings. The van der Waals surface area contributed by atoms with Crippen LogP contribution < -0.4 is 27.4 Å². The predicted octanol–water partition coefficient (Wildman–Crippen LogP) is 0.536. The summed E-state index contributed by atoms with van der Waals surface area (Å²) < 4.78 is 0. The van der Waals surface area contributed by atoms with E-state index in [1.165, 1.54) is 0 Å². The maximum absolute atomic E-state index is 13.2. The van der Waals surface area contributed by atoms with Gasteiger partial charge in [0.25, 0.3) is 0 Å². The van der Waals surface area contributed by atoms with Crippen molar-refractivity contribution in [2.45, 2.75) is 77.5 Å². The number of aliphatic carboxylic acids is 1. The van der Waals surface area contributed by atoms with Crippen LogP contribution in [-0.2, 0) is 25.6 Å². The molecule has 8 N–H and O–H groups in total. The van der Waals surface area contributed by atoms with Crippen molar-refractivity contribution in [2.24, 2.45) is 23.3 Å². The van der Waals surface area contributed by atoms with E-state index in [4.69, 9.17) is 11.5 Å². The van der Waals surface area contributed by atoms with Crippen molar-refractivity contribution >= 4 is 23.7 Å². The van der Waals surface area contributed by atoms with Gasteiger partial charge in [0.15, 0.2) is 0 Å². The highest BCUT2D eigenvalue weighted by atomic mass is 16.4. The third-order valence-corrected chi connectivity index (χ3v) is 5.70. The van der Waals surface area contributed by atoms with Crippen molar-refractivity contribution < 1.29 is 24.3 Å². The third kappa shape index (κ3) is 10.4. The van der Waals surface area contributed by atoms with Gasteiger partial charge in [0, 0.05) is 6.42 Å². The van der Waals surface area contributed by atoms with Gasteiger partial charge in [-0.2, -0.15) is 0 Å². The van der Waals surface area contributed by atoms with Crippen LogP contribution in [0, 0.1) is 11.8 Å². The summed E-state index contributed by atoms with van der Waals surface area (Å²) in [5.74, 6) is -3.41. The van der Waals surface area contributed by atoms with Gasteiger partial charge in [-0.25, -0.2) is 4.79 Å². The van der Waals surface area contributed by atoms with Gasteiger partial charge in [-0.3, -0.25) is 14.4 Å². The summed E-state index contributed by atoms with van der Waals surface area (Å²) in [6.45, 7) is 7.43. The minimum absolute atomic E-state index is 0.153. The number of nitrogens with one attached hydrogen (secondary N) is 3. The number of amides is 3. The first-order valence-electron chi connectivity index (χ1n) is 12.1. The minimum atomic E-state index is -1.16. The summed E-state index contributed by atoms with van der Waals surface area (Å²) in [6, 6.07) is 5.23. The van der Waals surface area contributed by atoms with Gasteiger partial charge < -0.3 is 32.5 Å². The molecule has 0 saturated carbocycles. The van der Waals surface area contributed by atoms with Gasteiger partial charge >= 0.3 is 5.97 Å². The minimum Gasteiger partial charge on any atom is -0.480 e. The van der Waals surface area contributed by atoms with Crippen molar-refractivity contribution in [2.75, 3.05) is 6.54 Å². The fraction of sp³-hybridized carbons (Fsp3) is 0.600. The molecule has 4 atom stereocenters. The molecule has 0 bridgehead atoms. The largest absolute Gasteiger partial charge is 0.480 e. The van der Waals surface area contributed by atoms with E-state index in [9.17, 15) is 24.3 Å². The van der Waals surface area contributed by atoms with Gasteiger partial charge in [0.2, 0.25) is 17.7 Å². The number of hydrogen-bond acceptors (Lipinski definition) is 6. The molecule has 35 heavy (non-hydrogen) atoms. The summed E-state index contributed by atoms with van der Waals surface area (Å²) >= 11 is 0. The molecule has 0 heterocycles. The van der Waals surface area contributed by atoms with E-state index in [1.54, 1.807) is 27.7 Å². The summed E-state index contributed by atoms with van der Waals surface area (Å²) in [7, 11) is 0. The lowest BCUT2D eigenvalue weighted by Gasteiger charge is -2.27. The van der Waals surface area contributed by atoms with Crippen molar-refractivity contribution in [3.05, 3.63) is 35.9 Å². The van der Waals surface area contributed by atoms with Crippen molar-refractivity contribution in [3.63, 3.8) is 0 Å². The van der Waals surface area contributed by atoms with Gasteiger partial charge in [-0.15, -0.1) is 0 Å². The van der Waals surface area contributed by atoms with Crippen LogP contribution in [0.5, 0.6) is 0 Å². The smallest absolute Gasteiger partial charge is 0.326 e. The summed E-state index contributed by atoms with van der Waals surface area (Å²) in [4.78, 5) is 50.4. The molecule has 0 aliphatic heterocycles. The number of nitrogens with two attached hydrogens (primary N) is 2. The molecular weight excluding hydrogens is 450 g/mol. The zero-order valence-electron chi connectivity index (χ0n) is 21.1. The number of benzene rings is 1. The topological polar surface area (TPSA) is 177 Å². The summed E-state index contributed by atoms with van der Waals surface area (Å²) in [5.41, 5.74) is 12.2. The van der Waals surface area contributed by atoms with Crippen LogP contribution in [-0.4, -0.2) is 59.5 Å². The Hall–Kier alpha value is -2.98. The lowest BCUT2D eigenvalue weighted by molar-refractivity contribution is -0.143. The standard InChI is InChI=1S/C25H41N5O5/c1-15(2)20(29-22(31)18(27)12-8-9-13-26)24(33)28-19(14-17-10-6-5-7-11-17)23(32)30-21(16(3)4)25(34)35/h5-7,10-11,15-16,18-21H,8-9,12-14,26-27H2,1-4H3,(H,28,33)(H,29,31)(H,30,32)(H,34,35)/t18-,19-,20-,21-/m0/s1. The molecule has 0 saturated heterocycles. The van der Waals surface area contributed by atoms with E-state index < -0.39 is 47.9 Å². The Kier molecular flexibility index (Phi) is 13.0. The zero-order valence-corrected chi connectivity index (χ0v) is 21.1. The average Bonchev–Trinajstić information content (AvgIpc) is 2.80. The van der Waals surface area contributed by atoms with Crippen molar-refractivity contribution in [1.82, 2.24) is 16.0 Å². The molecule has 3 amide bonds. The van der Waals surface area contributed by atoms with Crippen LogP contribution in [0.2, 0.25) is 0 Å². The Morgan fingerprint density at radius 2 is 1.40 bits per heavy atom. The van der Waals surface area contributed by atoms with Crippen molar-refractivity contribution in [1.29, 1.82) is 0 Å². The first-order valence-corrected chi connectivity index (χ1v) is 12.1. The number of hydrogen-bond donors (Lipinski definition) is 6. The zero-order chi connectivity index (χ0) is 26.5. The third-order valence-electron chi connectivity index (χ3n) is 5.70. The summed E-state index contributed by atoms with van der Waals surface area (Å²) in [6.07, 6.45) is 2.04. The first-order chi connectivity index (χ1) is 16.5. The molecule has 196 valence electrons. The van der Waals surface area contributed by atoms with Crippen LogP contribution in [0.4, 0.5) is 0 Å². The Morgan fingerprint density at radius 1 is 0.829 bits per heavy atom. The molecule has 10 nitrogen and oxygen atoms in total. The van der Waals surface area contributed by atoms with E-state index in [0.717, 1.165) is 12.0 Å². The van der Waals surface area contributed by atoms with Crippen molar-refractivity contribution in [3.8, 4) is 0 Å². The highest BCUT2D eigenvalue weighted by Gasteiger charge is 2.32. The second kappa shape index (κ2) is 15.1. The molecule has 0 aliphatic carbocycles. The SMILES string of the molecule is CC(C)[C@H](NC(=O)[C@H](Cc1ccccc1)NC(=O)[C@@H](NC(=O)[C@@H](N)CCCCN)C(C)C)C(=O)O. The Labute approximate surface area is 207 Å². The fourth-order valence-corrected chi connectivity index (χ4v) is 3.52. The molecule has 1 aromatic rings. The van der Waals surface area contributed by atoms with E-state index >= 15 is 0 Å². The molecule has 1 aromatic carbocycles. The van der Waals surface area contributed by atoms with Crippen LogP contribution in [0.1, 0.15) is 52.5 Å². The first kappa shape index (κ1) is 30.1. The van der Waals surface area contributed by atoms with E-state index in [0.29, 0.717) is 19.4 Å². The number of rotatable bonds is 15. The van der Waals surface area contributed by atoms with Gasteiger partial charge in [-0.1, -0.05) is 64.4 Å². The van der Waals surface area contributed by atoms with Crippen LogP contribution in [0.3, 0.4) is 0 Å². The van der Waals surface area contributed by atoms with Gasteiger partial charge in [-0.05, 0) is 36.8 Å². The van der Waals surface area contributed by atoms with E-state index in [-0.39, 0.29) is 18.3 Å². The number of carbonyl (C=O) groups excluding carboxylic acids is 3. The van der Waals surface area contributed by atoms with E-state index in [1.807, 2.05) is 30.3 Å². The predicted molar refractivity (Wildman–Crippen MR) is 134 cm³/mol. The quantitative estimate of drug-likeness (QED) is 0.194. The fourth-order valence-electron chi connectivity index (χ4n) is 3.52. The van der Waals surface area contributed by atoms with Crippen LogP contribution in [0.25, 0.3) is 0 Å². The maximum Gasteiger partial charge on any atom is 0.326 e. The number of carbonyl (C=O) groups is 4. The Morgan fingerprint density at radius 3 is 1.91 bits per heavy atom. The maximum atomic E-state index is 13.2. The molecular formula is C25H41N5O5. The second-order valence-electron chi connectivity index (χ2n) is 9.44. The molecule has 10 heteroatoms. The normalized spacial score (nSPS) is 14.6. The molecule has 0 aromatic heterocycles. The lowest BCUT2D eigenvalue weighted by atomic mass is 9.99. The van der Waals surface area contributed by atoms with E-state index in [2.05, 4.69) is 16.0 Å². The monoisotopic (exact) mass is 491 g/mol. The highest BCUT2D eigenvalue weighted by Crippen LogP contribution is 2.09. The van der Waals surface area contributed by atoms with Crippen LogP contribution >= 0.6 is 0 Å². The van der Waals surface area contributed by atoms with Gasteiger partial charge in [0.1, 0.15) is 18.1 Å².